The van der Waals surface area contributed by atoms with E-state index in [4.69, 9.17) is 21.1 Å². The number of imidazole rings is 1. The monoisotopic (exact) mass is 442 g/mol. The van der Waals surface area contributed by atoms with Gasteiger partial charge in [-0.1, -0.05) is 53.6 Å². The van der Waals surface area contributed by atoms with Crippen molar-refractivity contribution in [2.45, 2.75) is 44.0 Å². The summed E-state index contributed by atoms with van der Waals surface area (Å²) >= 11 is 7.91. The van der Waals surface area contributed by atoms with E-state index in [0.717, 1.165) is 29.4 Å². The van der Waals surface area contributed by atoms with Crippen molar-refractivity contribution in [2.75, 3.05) is 12.4 Å². The molecule has 1 saturated heterocycles. The molecule has 4 rings (SSSR count). The number of aryl methyl sites for hydroxylation is 2. The zero-order valence-electron chi connectivity index (χ0n) is 17.2. The van der Waals surface area contributed by atoms with Crippen LogP contribution in [-0.4, -0.2) is 33.8 Å². The standard InChI is InChI=1S/C24H27ClN2O2S/c1-19-2-4-21(5-3-19)15-30-16-23-14-28-24(29-23,17-27-13-12-26-18-27)11-10-20-6-8-22(25)9-7-20/h2-9,12-13,18,23H,10-11,14-17H2,1H3. The topological polar surface area (TPSA) is 36.3 Å². The van der Waals surface area contributed by atoms with Gasteiger partial charge in [0.05, 0.1) is 25.6 Å². The molecule has 158 valence electrons. The molecule has 2 atom stereocenters. The molecule has 0 amide bonds. The lowest BCUT2D eigenvalue weighted by molar-refractivity contribution is -0.180. The van der Waals surface area contributed by atoms with Gasteiger partial charge in [0.1, 0.15) is 0 Å². The molecule has 1 aliphatic rings. The average molecular weight is 443 g/mol. The molecule has 6 heteroatoms. The Labute approximate surface area is 187 Å². The first-order valence-corrected chi connectivity index (χ1v) is 11.8. The van der Waals surface area contributed by atoms with Crippen LogP contribution in [0.3, 0.4) is 0 Å². The van der Waals surface area contributed by atoms with Crippen molar-refractivity contribution in [1.82, 2.24) is 9.55 Å². The van der Waals surface area contributed by atoms with Crippen molar-refractivity contribution in [3.8, 4) is 0 Å². The first kappa shape index (κ1) is 21.4. The van der Waals surface area contributed by atoms with Gasteiger partial charge in [-0.05, 0) is 36.6 Å². The Kier molecular flexibility index (Phi) is 7.16. The Hall–Kier alpha value is -1.79. The highest BCUT2D eigenvalue weighted by Crippen LogP contribution is 2.32. The van der Waals surface area contributed by atoms with Gasteiger partial charge in [0.2, 0.25) is 0 Å². The molecule has 2 aromatic carbocycles. The van der Waals surface area contributed by atoms with Crippen LogP contribution in [0.1, 0.15) is 23.1 Å². The van der Waals surface area contributed by atoms with E-state index in [1.54, 1.807) is 6.20 Å². The Bertz CT molecular complexity index is 915. The number of ether oxygens (including phenoxy) is 2. The van der Waals surface area contributed by atoms with E-state index in [-0.39, 0.29) is 6.10 Å². The lowest BCUT2D eigenvalue weighted by Gasteiger charge is -2.28. The summed E-state index contributed by atoms with van der Waals surface area (Å²) in [5, 5.41) is 0.755. The highest BCUT2D eigenvalue weighted by Gasteiger charge is 2.41. The fourth-order valence-corrected chi connectivity index (χ4v) is 4.73. The summed E-state index contributed by atoms with van der Waals surface area (Å²) in [5.74, 6) is 1.27. The Morgan fingerprint density at radius 3 is 2.63 bits per heavy atom. The van der Waals surface area contributed by atoms with E-state index in [1.807, 2.05) is 41.0 Å². The van der Waals surface area contributed by atoms with E-state index in [2.05, 4.69) is 48.3 Å². The molecule has 0 saturated carbocycles. The highest BCUT2D eigenvalue weighted by atomic mass is 35.5. The third kappa shape index (κ3) is 5.88. The molecule has 30 heavy (non-hydrogen) atoms. The average Bonchev–Trinajstić information content (AvgIpc) is 3.40. The van der Waals surface area contributed by atoms with Crippen LogP contribution < -0.4 is 0 Å². The van der Waals surface area contributed by atoms with Gasteiger partial charge in [-0.3, -0.25) is 0 Å². The molecule has 0 radical (unpaired) electrons. The summed E-state index contributed by atoms with van der Waals surface area (Å²) in [4.78, 5) is 4.16. The number of rotatable bonds is 9. The first-order chi connectivity index (χ1) is 14.6. The Morgan fingerprint density at radius 2 is 1.90 bits per heavy atom. The van der Waals surface area contributed by atoms with Gasteiger partial charge in [-0.2, -0.15) is 11.8 Å². The number of hydrogen-bond acceptors (Lipinski definition) is 4. The van der Waals surface area contributed by atoms with Crippen LogP contribution in [0, 0.1) is 6.92 Å². The van der Waals surface area contributed by atoms with Crippen LogP contribution in [0.5, 0.6) is 0 Å². The van der Waals surface area contributed by atoms with Crippen LogP contribution >= 0.6 is 23.4 Å². The summed E-state index contributed by atoms with van der Waals surface area (Å²) in [5.41, 5.74) is 3.87. The third-order valence-corrected chi connectivity index (χ3v) is 6.69. The van der Waals surface area contributed by atoms with E-state index in [9.17, 15) is 0 Å². The molecule has 0 N–H and O–H groups in total. The van der Waals surface area contributed by atoms with Gasteiger partial charge in [0, 0.05) is 35.3 Å². The largest absolute Gasteiger partial charge is 0.345 e. The summed E-state index contributed by atoms with van der Waals surface area (Å²) in [6.45, 7) is 3.38. The maximum Gasteiger partial charge on any atom is 0.187 e. The van der Waals surface area contributed by atoms with Crippen molar-refractivity contribution in [1.29, 1.82) is 0 Å². The fraction of sp³-hybridized carbons (Fsp3) is 0.375. The van der Waals surface area contributed by atoms with Gasteiger partial charge >= 0.3 is 0 Å². The summed E-state index contributed by atoms with van der Waals surface area (Å²) in [6.07, 6.45) is 7.30. The van der Waals surface area contributed by atoms with Crippen molar-refractivity contribution >= 4 is 23.4 Å². The predicted octanol–water partition coefficient (Wildman–Crippen LogP) is 5.52. The molecule has 0 spiro atoms. The molecule has 2 unspecified atom stereocenters. The molecule has 1 aliphatic heterocycles. The minimum absolute atomic E-state index is 0.0918. The molecule has 3 aromatic rings. The molecular formula is C24H27ClN2O2S. The SMILES string of the molecule is Cc1ccc(CSCC2COC(CCc3ccc(Cl)cc3)(Cn3ccnc3)O2)cc1. The maximum absolute atomic E-state index is 6.51. The zero-order valence-corrected chi connectivity index (χ0v) is 18.7. The van der Waals surface area contributed by atoms with Gasteiger partial charge in [-0.15, -0.1) is 0 Å². The second-order valence-electron chi connectivity index (χ2n) is 7.82. The highest BCUT2D eigenvalue weighted by molar-refractivity contribution is 7.98. The molecular weight excluding hydrogens is 416 g/mol. The zero-order chi connectivity index (χ0) is 20.8. The number of halogens is 1. The van der Waals surface area contributed by atoms with E-state index >= 15 is 0 Å². The van der Waals surface area contributed by atoms with E-state index < -0.39 is 5.79 Å². The summed E-state index contributed by atoms with van der Waals surface area (Å²) in [7, 11) is 0. The molecule has 4 nitrogen and oxygen atoms in total. The number of thioether (sulfide) groups is 1. The lowest BCUT2D eigenvalue weighted by atomic mass is 10.0. The smallest absolute Gasteiger partial charge is 0.187 e. The van der Waals surface area contributed by atoms with Crippen molar-refractivity contribution < 1.29 is 9.47 Å². The molecule has 1 aromatic heterocycles. The van der Waals surface area contributed by atoms with Crippen LogP contribution in [0.4, 0.5) is 0 Å². The van der Waals surface area contributed by atoms with Crippen LogP contribution in [0.25, 0.3) is 0 Å². The van der Waals surface area contributed by atoms with E-state index in [1.165, 1.54) is 16.7 Å². The molecule has 0 aliphatic carbocycles. The van der Waals surface area contributed by atoms with Gasteiger partial charge in [-0.25, -0.2) is 4.98 Å². The van der Waals surface area contributed by atoms with Gasteiger partial charge in [0.15, 0.2) is 5.79 Å². The normalized spacial score (nSPS) is 21.2. The number of hydrogen-bond donors (Lipinski definition) is 0. The number of nitrogens with zero attached hydrogens (tertiary/aromatic N) is 2. The minimum Gasteiger partial charge on any atom is -0.345 e. The molecule has 1 fully saturated rings. The van der Waals surface area contributed by atoms with Crippen LogP contribution in [0.2, 0.25) is 5.02 Å². The van der Waals surface area contributed by atoms with Crippen molar-refractivity contribution in [2.24, 2.45) is 0 Å². The Morgan fingerprint density at radius 1 is 1.13 bits per heavy atom. The first-order valence-electron chi connectivity index (χ1n) is 10.3. The number of aromatic nitrogens is 2. The minimum atomic E-state index is -0.630. The molecule has 0 bridgehead atoms. The summed E-state index contributed by atoms with van der Waals surface area (Å²) < 4.78 is 14.8. The third-order valence-electron chi connectivity index (χ3n) is 5.30. The van der Waals surface area contributed by atoms with Crippen molar-refractivity contribution in [3.63, 3.8) is 0 Å². The van der Waals surface area contributed by atoms with Gasteiger partial charge in [0.25, 0.3) is 0 Å². The van der Waals surface area contributed by atoms with Gasteiger partial charge < -0.3 is 14.0 Å². The second kappa shape index (κ2) is 10.0. The Balaban J connectivity index is 1.35. The van der Waals surface area contributed by atoms with Crippen LogP contribution in [0.15, 0.2) is 67.3 Å². The second-order valence-corrected chi connectivity index (χ2v) is 9.29. The summed E-state index contributed by atoms with van der Waals surface area (Å²) in [6, 6.07) is 16.7. The van der Waals surface area contributed by atoms with Crippen LogP contribution in [-0.2, 0) is 28.2 Å². The lowest BCUT2D eigenvalue weighted by Crippen LogP contribution is -2.37. The quantitative estimate of drug-likeness (QED) is 0.437. The van der Waals surface area contributed by atoms with Crippen molar-refractivity contribution in [3.05, 3.63) is 89.0 Å². The number of benzene rings is 2. The molecule has 2 heterocycles. The maximum atomic E-state index is 6.51. The van der Waals surface area contributed by atoms with E-state index in [0.29, 0.717) is 13.2 Å². The predicted molar refractivity (Wildman–Crippen MR) is 123 cm³/mol. The fourth-order valence-electron chi connectivity index (χ4n) is 3.63.